The molecule has 0 unspecified atom stereocenters. The fourth-order valence-corrected chi connectivity index (χ4v) is 4.46. The Hall–Kier alpha value is -3.35. The number of rotatable bonds is 8. The first-order valence-corrected chi connectivity index (χ1v) is 11.4. The maximum absolute atomic E-state index is 12.3. The van der Waals surface area contributed by atoms with Crippen LogP contribution in [0.3, 0.4) is 0 Å². The van der Waals surface area contributed by atoms with Crippen molar-refractivity contribution in [1.82, 2.24) is 10.2 Å². The number of nitrogens with one attached hydrogen (secondary N) is 1. The van der Waals surface area contributed by atoms with Gasteiger partial charge in [0.15, 0.2) is 0 Å². The standard InChI is InChI=1S/C27H32N4O2/c1-33-19-14-29-27(32)23-12-13-25(24(28)20-23)30-15-17-31(18-16-30)26(21-8-4-2-5-9-21)22-10-6-3-7-11-22/h2-13,20,26H,14-19,28H2,1H3,(H,29,32). The van der Waals surface area contributed by atoms with Crippen LogP contribution in [-0.2, 0) is 4.74 Å². The molecule has 3 N–H and O–H groups in total. The quantitative estimate of drug-likeness (QED) is 0.411. The zero-order chi connectivity index (χ0) is 23.0. The lowest BCUT2D eigenvalue weighted by Crippen LogP contribution is -2.48. The zero-order valence-corrected chi connectivity index (χ0v) is 19.1. The van der Waals surface area contributed by atoms with Crippen LogP contribution in [0.25, 0.3) is 0 Å². The van der Waals surface area contributed by atoms with Crippen molar-refractivity contribution in [3.8, 4) is 0 Å². The zero-order valence-electron chi connectivity index (χ0n) is 19.1. The maximum atomic E-state index is 12.3. The normalized spacial score (nSPS) is 14.4. The fourth-order valence-electron chi connectivity index (χ4n) is 4.46. The highest BCUT2D eigenvalue weighted by molar-refractivity contribution is 5.96. The van der Waals surface area contributed by atoms with E-state index in [1.807, 2.05) is 12.1 Å². The summed E-state index contributed by atoms with van der Waals surface area (Å²) < 4.78 is 4.98. The van der Waals surface area contributed by atoms with Crippen molar-refractivity contribution >= 4 is 17.3 Å². The van der Waals surface area contributed by atoms with Crippen LogP contribution < -0.4 is 16.0 Å². The summed E-state index contributed by atoms with van der Waals surface area (Å²) in [6.45, 7) is 4.55. The lowest BCUT2D eigenvalue weighted by molar-refractivity contribution is 0.0937. The Kier molecular flexibility index (Phi) is 7.60. The third kappa shape index (κ3) is 5.53. The molecule has 3 aromatic rings. The molecule has 4 rings (SSSR count). The molecule has 3 aromatic carbocycles. The number of ether oxygens (including phenoxy) is 1. The van der Waals surface area contributed by atoms with Gasteiger partial charge in [-0.05, 0) is 29.3 Å². The Balaban J connectivity index is 1.45. The highest BCUT2D eigenvalue weighted by Crippen LogP contribution is 2.31. The summed E-state index contributed by atoms with van der Waals surface area (Å²) >= 11 is 0. The van der Waals surface area contributed by atoms with Crippen molar-refractivity contribution < 1.29 is 9.53 Å². The molecule has 1 fully saturated rings. The summed E-state index contributed by atoms with van der Waals surface area (Å²) in [5.41, 5.74) is 11.2. The summed E-state index contributed by atoms with van der Waals surface area (Å²) in [7, 11) is 1.61. The van der Waals surface area contributed by atoms with Crippen LogP contribution in [0.1, 0.15) is 27.5 Å². The second kappa shape index (κ2) is 11.0. The number of carbonyl (C=O) groups excluding carboxylic acids is 1. The van der Waals surface area contributed by atoms with Crippen LogP contribution in [-0.4, -0.2) is 57.2 Å². The molecule has 0 saturated carbocycles. The van der Waals surface area contributed by atoms with Crippen LogP contribution >= 0.6 is 0 Å². The molecule has 1 saturated heterocycles. The van der Waals surface area contributed by atoms with Gasteiger partial charge in [0.1, 0.15) is 0 Å². The van der Waals surface area contributed by atoms with Crippen molar-refractivity contribution in [3.63, 3.8) is 0 Å². The Morgan fingerprint density at radius 2 is 1.55 bits per heavy atom. The molecular weight excluding hydrogens is 412 g/mol. The van der Waals surface area contributed by atoms with Crippen LogP contribution in [0.4, 0.5) is 11.4 Å². The molecule has 6 heteroatoms. The molecule has 172 valence electrons. The average molecular weight is 445 g/mol. The molecule has 0 radical (unpaired) electrons. The first kappa shape index (κ1) is 22.8. The molecule has 0 atom stereocenters. The van der Waals surface area contributed by atoms with E-state index in [-0.39, 0.29) is 11.9 Å². The summed E-state index contributed by atoms with van der Waals surface area (Å²) in [6.07, 6.45) is 0. The van der Waals surface area contributed by atoms with Gasteiger partial charge in [-0.25, -0.2) is 0 Å². The van der Waals surface area contributed by atoms with Gasteiger partial charge in [0.05, 0.1) is 24.0 Å². The van der Waals surface area contributed by atoms with Crippen molar-refractivity contribution in [3.05, 3.63) is 95.6 Å². The number of amides is 1. The van der Waals surface area contributed by atoms with Crippen LogP contribution in [0.5, 0.6) is 0 Å². The Labute approximate surface area is 196 Å². The number of hydrogen-bond donors (Lipinski definition) is 2. The minimum atomic E-state index is -0.135. The van der Waals surface area contributed by atoms with Gasteiger partial charge in [-0.2, -0.15) is 0 Å². The second-order valence-corrected chi connectivity index (χ2v) is 8.27. The summed E-state index contributed by atoms with van der Waals surface area (Å²) in [4.78, 5) is 17.2. The first-order chi connectivity index (χ1) is 16.2. The Bertz CT molecular complexity index is 995. The summed E-state index contributed by atoms with van der Waals surface area (Å²) in [5.74, 6) is -0.135. The highest BCUT2D eigenvalue weighted by atomic mass is 16.5. The number of carbonyl (C=O) groups is 1. The molecule has 6 nitrogen and oxygen atoms in total. The number of nitrogens with two attached hydrogens (primary N) is 1. The average Bonchev–Trinajstić information content (AvgIpc) is 2.86. The van der Waals surface area contributed by atoms with Crippen LogP contribution in [0.15, 0.2) is 78.9 Å². The molecule has 0 spiro atoms. The molecular formula is C27H32N4O2. The van der Waals surface area contributed by atoms with Crippen LogP contribution in [0.2, 0.25) is 0 Å². The minimum Gasteiger partial charge on any atom is -0.397 e. The summed E-state index contributed by atoms with van der Waals surface area (Å²) in [5, 5.41) is 2.84. The van der Waals surface area contributed by atoms with Gasteiger partial charge < -0.3 is 20.7 Å². The molecule has 33 heavy (non-hydrogen) atoms. The molecule has 0 bridgehead atoms. The van der Waals surface area contributed by atoms with Crippen LogP contribution in [0, 0.1) is 0 Å². The van der Waals surface area contributed by atoms with E-state index in [1.54, 1.807) is 13.2 Å². The van der Waals surface area contributed by atoms with Crippen molar-refractivity contribution in [2.45, 2.75) is 6.04 Å². The molecule has 0 aliphatic carbocycles. The van der Waals surface area contributed by atoms with E-state index in [0.717, 1.165) is 31.9 Å². The predicted octanol–water partition coefficient (Wildman–Crippen LogP) is 3.56. The van der Waals surface area contributed by atoms with E-state index in [9.17, 15) is 4.79 Å². The maximum Gasteiger partial charge on any atom is 0.251 e. The topological polar surface area (TPSA) is 70.8 Å². The fraction of sp³-hybridized carbons (Fsp3) is 0.296. The third-order valence-corrected chi connectivity index (χ3v) is 6.13. The van der Waals surface area contributed by atoms with Gasteiger partial charge in [0.25, 0.3) is 5.91 Å². The predicted molar refractivity (Wildman–Crippen MR) is 134 cm³/mol. The number of nitrogen functional groups attached to an aromatic ring is 1. The third-order valence-electron chi connectivity index (χ3n) is 6.13. The number of anilines is 2. The Morgan fingerprint density at radius 3 is 2.09 bits per heavy atom. The van der Waals surface area contributed by atoms with Gasteiger partial charge in [0.2, 0.25) is 0 Å². The number of methoxy groups -OCH3 is 1. The second-order valence-electron chi connectivity index (χ2n) is 8.27. The molecule has 1 aliphatic heterocycles. The van der Waals surface area contributed by atoms with Gasteiger partial charge in [0, 0.05) is 45.4 Å². The van der Waals surface area contributed by atoms with E-state index in [1.165, 1.54) is 11.1 Å². The first-order valence-electron chi connectivity index (χ1n) is 11.4. The SMILES string of the molecule is COCCNC(=O)c1ccc(N2CCN(C(c3ccccc3)c3ccccc3)CC2)c(N)c1. The number of hydrogen-bond acceptors (Lipinski definition) is 5. The van der Waals surface area contributed by atoms with Gasteiger partial charge in [-0.3, -0.25) is 9.69 Å². The number of nitrogens with zero attached hydrogens (tertiary/aromatic N) is 2. The van der Waals surface area contributed by atoms with Gasteiger partial charge in [-0.15, -0.1) is 0 Å². The van der Waals surface area contributed by atoms with E-state index in [0.29, 0.717) is 24.4 Å². The Morgan fingerprint density at radius 1 is 0.939 bits per heavy atom. The van der Waals surface area contributed by atoms with Gasteiger partial charge in [-0.1, -0.05) is 60.7 Å². The molecule has 1 amide bonds. The smallest absolute Gasteiger partial charge is 0.251 e. The van der Waals surface area contributed by atoms with E-state index in [4.69, 9.17) is 10.5 Å². The largest absolute Gasteiger partial charge is 0.397 e. The van der Waals surface area contributed by atoms with E-state index in [2.05, 4.69) is 75.8 Å². The number of benzene rings is 3. The van der Waals surface area contributed by atoms with E-state index < -0.39 is 0 Å². The monoisotopic (exact) mass is 444 g/mol. The van der Waals surface area contributed by atoms with Gasteiger partial charge >= 0.3 is 0 Å². The highest BCUT2D eigenvalue weighted by Gasteiger charge is 2.27. The molecule has 0 aromatic heterocycles. The number of piperazine rings is 1. The molecule has 1 aliphatic rings. The van der Waals surface area contributed by atoms with Crippen molar-refractivity contribution in [2.24, 2.45) is 0 Å². The lowest BCUT2D eigenvalue weighted by Gasteiger charge is -2.41. The van der Waals surface area contributed by atoms with Crippen molar-refractivity contribution in [2.75, 3.05) is 57.1 Å². The van der Waals surface area contributed by atoms with E-state index >= 15 is 0 Å². The summed E-state index contributed by atoms with van der Waals surface area (Å²) in [6, 6.07) is 27.2. The van der Waals surface area contributed by atoms with Crippen molar-refractivity contribution in [1.29, 1.82) is 0 Å². The lowest BCUT2D eigenvalue weighted by atomic mass is 9.96. The molecule has 1 heterocycles. The minimum absolute atomic E-state index is 0.135.